The Bertz CT molecular complexity index is 3410. The van der Waals surface area contributed by atoms with Crippen LogP contribution in [-0.4, -0.2) is 0 Å². The Morgan fingerprint density at radius 1 is 0.310 bits per heavy atom. The van der Waals surface area contributed by atoms with E-state index in [0.29, 0.717) is 0 Å². The summed E-state index contributed by atoms with van der Waals surface area (Å²) in [5.74, 6) is 0. The van der Waals surface area contributed by atoms with Crippen LogP contribution in [-0.2, 0) is 5.41 Å². The van der Waals surface area contributed by atoms with Crippen molar-refractivity contribution in [2.24, 2.45) is 0 Å². The fourth-order valence-corrected chi connectivity index (χ4v) is 10.1. The highest BCUT2D eigenvalue weighted by Gasteiger charge is 2.36. The summed E-state index contributed by atoms with van der Waals surface area (Å²) in [6.45, 7) is 4.72. The Hall–Kier alpha value is -7.22. The molecule has 0 saturated carbocycles. The van der Waals surface area contributed by atoms with Crippen LogP contribution in [0, 0.1) is 0 Å². The van der Waals surface area contributed by atoms with E-state index in [9.17, 15) is 0 Å². The Kier molecular flexibility index (Phi) is 7.04. The highest BCUT2D eigenvalue weighted by atomic mass is 16.3. The van der Waals surface area contributed by atoms with Gasteiger partial charge in [0.1, 0.15) is 11.2 Å². The highest BCUT2D eigenvalue weighted by molar-refractivity contribution is 6.22. The summed E-state index contributed by atoms with van der Waals surface area (Å²) in [7, 11) is 0. The fourth-order valence-electron chi connectivity index (χ4n) is 10.1. The minimum atomic E-state index is -0.0474. The lowest BCUT2D eigenvalue weighted by molar-refractivity contribution is 0.661. The fraction of sp³-hybridized carbons (Fsp3) is 0.0526. The third-order valence-corrected chi connectivity index (χ3v) is 12.9. The topological polar surface area (TPSA) is 13.1 Å². The zero-order valence-electron chi connectivity index (χ0n) is 32.4. The SMILES string of the molecule is CC1(C)c2ccc(-c3ccc(-c4c5ccccc5c(-c5ccccc5-c5ccc6oc7ccccc7c6c5)c5ccccc45)cc3)cc2-c2c1ccc1ccccc21. The molecule has 12 rings (SSSR count). The van der Waals surface area contributed by atoms with Gasteiger partial charge in [-0.15, -0.1) is 0 Å². The first-order valence-corrected chi connectivity index (χ1v) is 20.3. The van der Waals surface area contributed by atoms with Gasteiger partial charge in [0, 0.05) is 16.2 Å². The van der Waals surface area contributed by atoms with Gasteiger partial charge in [-0.1, -0.05) is 184 Å². The summed E-state index contributed by atoms with van der Waals surface area (Å²) >= 11 is 0. The van der Waals surface area contributed by atoms with E-state index in [2.05, 4.69) is 196 Å². The molecule has 11 aromatic rings. The van der Waals surface area contributed by atoms with Crippen molar-refractivity contribution in [1.82, 2.24) is 0 Å². The quantitative estimate of drug-likeness (QED) is 0.164. The summed E-state index contributed by atoms with van der Waals surface area (Å²) < 4.78 is 6.21. The summed E-state index contributed by atoms with van der Waals surface area (Å²) in [5.41, 5.74) is 17.1. The molecule has 1 heterocycles. The van der Waals surface area contributed by atoms with Crippen molar-refractivity contribution in [1.29, 1.82) is 0 Å². The van der Waals surface area contributed by atoms with E-state index >= 15 is 0 Å². The largest absolute Gasteiger partial charge is 0.456 e. The van der Waals surface area contributed by atoms with Crippen molar-refractivity contribution < 1.29 is 4.42 Å². The Morgan fingerprint density at radius 2 is 0.845 bits per heavy atom. The molecule has 0 aliphatic heterocycles. The second kappa shape index (κ2) is 12.4. The molecule has 0 spiro atoms. The van der Waals surface area contributed by atoms with E-state index in [1.165, 1.54) is 99.1 Å². The van der Waals surface area contributed by atoms with Crippen LogP contribution >= 0.6 is 0 Å². The van der Waals surface area contributed by atoms with Gasteiger partial charge in [0.05, 0.1) is 0 Å². The number of furan rings is 1. The first kappa shape index (κ1) is 33.0. The van der Waals surface area contributed by atoms with Crippen LogP contribution in [0.2, 0.25) is 0 Å². The Morgan fingerprint density at radius 3 is 1.59 bits per heavy atom. The number of para-hydroxylation sites is 1. The normalized spacial score (nSPS) is 13.1. The van der Waals surface area contributed by atoms with Crippen LogP contribution < -0.4 is 0 Å². The molecule has 0 atom stereocenters. The van der Waals surface area contributed by atoms with Crippen molar-refractivity contribution in [3.05, 3.63) is 205 Å². The second-order valence-corrected chi connectivity index (χ2v) is 16.4. The molecule has 1 aliphatic carbocycles. The van der Waals surface area contributed by atoms with E-state index < -0.39 is 0 Å². The van der Waals surface area contributed by atoms with Crippen LogP contribution in [0.25, 0.3) is 110 Å². The molecular formula is C57H38O. The van der Waals surface area contributed by atoms with Gasteiger partial charge in [-0.2, -0.15) is 0 Å². The monoisotopic (exact) mass is 738 g/mol. The molecule has 1 nitrogen and oxygen atoms in total. The van der Waals surface area contributed by atoms with E-state index in [4.69, 9.17) is 4.42 Å². The van der Waals surface area contributed by atoms with E-state index in [-0.39, 0.29) is 5.41 Å². The highest BCUT2D eigenvalue weighted by Crippen LogP contribution is 2.52. The van der Waals surface area contributed by atoms with Crippen molar-refractivity contribution in [2.75, 3.05) is 0 Å². The number of fused-ring (bicyclic) bond motifs is 10. The van der Waals surface area contributed by atoms with Crippen LogP contribution in [0.3, 0.4) is 0 Å². The molecule has 0 fully saturated rings. The smallest absolute Gasteiger partial charge is 0.135 e. The summed E-state index contributed by atoms with van der Waals surface area (Å²) in [4.78, 5) is 0. The minimum absolute atomic E-state index is 0.0474. The molecule has 272 valence electrons. The number of benzene rings is 10. The van der Waals surface area contributed by atoms with Gasteiger partial charge in [0.2, 0.25) is 0 Å². The number of hydrogen-bond acceptors (Lipinski definition) is 1. The van der Waals surface area contributed by atoms with Gasteiger partial charge in [-0.05, 0) is 123 Å². The zero-order valence-corrected chi connectivity index (χ0v) is 32.4. The molecule has 0 unspecified atom stereocenters. The van der Waals surface area contributed by atoms with E-state index in [1.807, 2.05) is 12.1 Å². The molecule has 0 bridgehead atoms. The predicted octanol–water partition coefficient (Wildman–Crippen LogP) is 16.0. The maximum absolute atomic E-state index is 6.21. The molecule has 58 heavy (non-hydrogen) atoms. The van der Waals surface area contributed by atoms with Crippen LogP contribution in [0.4, 0.5) is 0 Å². The summed E-state index contributed by atoms with van der Waals surface area (Å²) in [5, 5.41) is 9.89. The lowest BCUT2D eigenvalue weighted by Gasteiger charge is -2.21. The maximum Gasteiger partial charge on any atom is 0.135 e. The second-order valence-electron chi connectivity index (χ2n) is 16.4. The molecule has 0 amide bonds. The molecule has 0 saturated heterocycles. The third kappa shape index (κ3) is 4.77. The van der Waals surface area contributed by atoms with E-state index in [0.717, 1.165) is 21.9 Å². The van der Waals surface area contributed by atoms with Gasteiger partial charge < -0.3 is 4.42 Å². The van der Waals surface area contributed by atoms with Crippen molar-refractivity contribution in [2.45, 2.75) is 19.3 Å². The van der Waals surface area contributed by atoms with E-state index in [1.54, 1.807) is 0 Å². The Labute approximate surface area is 337 Å². The molecule has 0 N–H and O–H groups in total. The summed E-state index contributed by atoms with van der Waals surface area (Å²) in [6, 6.07) is 71.5. The number of hydrogen-bond donors (Lipinski definition) is 0. The van der Waals surface area contributed by atoms with Gasteiger partial charge in [0.25, 0.3) is 0 Å². The van der Waals surface area contributed by atoms with Gasteiger partial charge in [-0.25, -0.2) is 0 Å². The summed E-state index contributed by atoms with van der Waals surface area (Å²) in [6.07, 6.45) is 0. The molecular weight excluding hydrogens is 701 g/mol. The van der Waals surface area contributed by atoms with Crippen LogP contribution in [0.15, 0.2) is 199 Å². The third-order valence-electron chi connectivity index (χ3n) is 12.9. The Balaban J connectivity index is 1.00. The lowest BCUT2D eigenvalue weighted by Crippen LogP contribution is -2.14. The predicted molar refractivity (Wildman–Crippen MR) is 246 cm³/mol. The molecule has 10 aromatic carbocycles. The van der Waals surface area contributed by atoms with Crippen molar-refractivity contribution in [3.63, 3.8) is 0 Å². The van der Waals surface area contributed by atoms with Gasteiger partial charge in [0.15, 0.2) is 0 Å². The van der Waals surface area contributed by atoms with Crippen LogP contribution in [0.1, 0.15) is 25.0 Å². The average molecular weight is 739 g/mol. The maximum atomic E-state index is 6.21. The lowest BCUT2D eigenvalue weighted by atomic mass is 9.82. The first-order chi connectivity index (χ1) is 28.5. The van der Waals surface area contributed by atoms with Gasteiger partial charge >= 0.3 is 0 Å². The first-order valence-electron chi connectivity index (χ1n) is 20.3. The standard InChI is InChI=1S/C57H38O/c1-57(2)50-30-28-38(33-49(50)56-41-15-4-3-13-36(41)27-31-51(56)57)35-23-25-37(26-24-35)54-44-18-7-9-20-46(44)55(47-21-10-8-19-45(47)54)43-17-6-5-14-40(43)39-29-32-53-48(34-39)42-16-11-12-22-52(42)58-53/h3-34H,1-2H3. The molecule has 1 heteroatoms. The van der Waals surface area contributed by atoms with Crippen LogP contribution in [0.5, 0.6) is 0 Å². The number of rotatable bonds is 4. The molecule has 0 radical (unpaired) electrons. The average Bonchev–Trinajstić information content (AvgIpc) is 3.76. The van der Waals surface area contributed by atoms with Crippen molar-refractivity contribution >= 4 is 54.3 Å². The minimum Gasteiger partial charge on any atom is -0.456 e. The molecule has 1 aliphatic rings. The van der Waals surface area contributed by atoms with Crippen molar-refractivity contribution in [3.8, 4) is 55.6 Å². The van der Waals surface area contributed by atoms with Gasteiger partial charge in [-0.3, -0.25) is 0 Å². The zero-order chi connectivity index (χ0) is 38.5. The molecule has 1 aromatic heterocycles.